The molecule has 0 aromatic heterocycles. The number of ether oxygens (including phenoxy) is 1. The Hall–Kier alpha value is -0.610. The minimum Gasteiger partial charge on any atom is -0.447 e. The fourth-order valence-electron chi connectivity index (χ4n) is 2.97. The number of likely N-dealkylation sites (N-methyl/N-ethyl adjacent to an activating group) is 1. The van der Waals surface area contributed by atoms with Gasteiger partial charge in [0, 0.05) is 13.0 Å². The van der Waals surface area contributed by atoms with Crippen molar-refractivity contribution < 1.29 is 14.6 Å². The minimum atomic E-state index is -0.262. The van der Waals surface area contributed by atoms with Crippen LogP contribution in [0.2, 0.25) is 0 Å². The van der Waals surface area contributed by atoms with Crippen molar-refractivity contribution in [3.05, 3.63) is 0 Å². The molecule has 0 heterocycles. The van der Waals surface area contributed by atoms with Crippen LogP contribution in [0.4, 0.5) is 0 Å². The first-order valence-corrected chi connectivity index (χ1v) is 10.6. The molecule has 0 fully saturated rings. The van der Waals surface area contributed by atoms with Gasteiger partial charge in [0.2, 0.25) is 0 Å². The largest absolute Gasteiger partial charge is 0.447 e. The van der Waals surface area contributed by atoms with E-state index in [4.69, 9.17) is 9.84 Å². The molecule has 0 bridgehead atoms. The van der Waals surface area contributed by atoms with Crippen LogP contribution in [0.5, 0.6) is 0 Å². The van der Waals surface area contributed by atoms with Gasteiger partial charge in [0.15, 0.2) is 6.23 Å². The van der Waals surface area contributed by atoms with E-state index in [9.17, 15) is 4.79 Å². The number of esters is 1. The van der Waals surface area contributed by atoms with Gasteiger partial charge in [-0.1, -0.05) is 84.0 Å². The Bertz CT molecular complexity index is 297. The fourth-order valence-corrected chi connectivity index (χ4v) is 2.97. The number of nitrogens with zero attached hydrogens (tertiary/aromatic N) is 1. The molecule has 0 saturated heterocycles. The van der Waals surface area contributed by atoms with Crippen LogP contribution in [0.3, 0.4) is 0 Å². The second-order valence-electron chi connectivity index (χ2n) is 7.29. The molecule has 0 amide bonds. The molecule has 0 aliphatic heterocycles. The number of unbranched alkanes of at least 4 members (excludes halogenated alkanes) is 12. The zero-order valence-corrected chi connectivity index (χ0v) is 17.1. The highest BCUT2D eigenvalue weighted by Crippen LogP contribution is 2.13. The third kappa shape index (κ3) is 16.6. The molecule has 0 rings (SSSR count). The van der Waals surface area contributed by atoms with Crippen LogP contribution in [0.25, 0.3) is 0 Å². The maximum atomic E-state index is 11.8. The number of rotatable bonds is 18. The van der Waals surface area contributed by atoms with Crippen LogP contribution in [-0.4, -0.2) is 42.4 Å². The molecule has 0 radical (unpaired) electrons. The van der Waals surface area contributed by atoms with E-state index in [-0.39, 0.29) is 18.8 Å². The van der Waals surface area contributed by atoms with Gasteiger partial charge in [0.25, 0.3) is 0 Å². The number of aliphatic hydroxyl groups is 1. The Kier molecular flexibility index (Phi) is 17.7. The first kappa shape index (κ1) is 24.4. The molecule has 150 valence electrons. The van der Waals surface area contributed by atoms with E-state index in [1.165, 1.54) is 70.6 Å². The van der Waals surface area contributed by atoms with Gasteiger partial charge in [-0.15, -0.1) is 0 Å². The molecule has 0 aliphatic rings. The van der Waals surface area contributed by atoms with Gasteiger partial charge >= 0.3 is 5.97 Å². The van der Waals surface area contributed by atoms with Gasteiger partial charge in [-0.05, 0) is 20.4 Å². The van der Waals surface area contributed by atoms with Gasteiger partial charge in [0.1, 0.15) is 0 Å². The molecule has 0 aliphatic carbocycles. The highest BCUT2D eigenvalue weighted by molar-refractivity contribution is 5.69. The molecule has 4 heteroatoms. The maximum absolute atomic E-state index is 11.8. The van der Waals surface area contributed by atoms with Crippen molar-refractivity contribution in [2.24, 2.45) is 0 Å². The number of hydrogen-bond donors (Lipinski definition) is 1. The van der Waals surface area contributed by atoms with Crippen molar-refractivity contribution >= 4 is 5.97 Å². The van der Waals surface area contributed by atoms with E-state index in [1.807, 2.05) is 18.9 Å². The smallest absolute Gasteiger partial charge is 0.307 e. The lowest BCUT2D eigenvalue weighted by Crippen LogP contribution is -2.35. The lowest BCUT2D eigenvalue weighted by Gasteiger charge is -2.23. The molecule has 1 atom stereocenters. The predicted octanol–water partition coefficient (Wildman–Crippen LogP) is 5.28. The molecular formula is C21H43NO3. The Morgan fingerprint density at radius 3 is 1.76 bits per heavy atom. The number of aliphatic hydroxyl groups excluding tert-OH is 1. The monoisotopic (exact) mass is 357 g/mol. The molecule has 0 saturated carbocycles. The summed E-state index contributed by atoms with van der Waals surface area (Å²) in [5.41, 5.74) is 0. The summed E-state index contributed by atoms with van der Waals surface area (Å²) in [5, 5.41) is 8.87. The van der Waals surface area contributed by atoms with E-state index in [0.717, 1.165) is 12.8 Å². The second kappa shape index (κ2) is 18.2. The van der Waals surface area contributed by atoms with E-state index in [0.29, 0.717) is 13.0 Å². The average molecular weight is 358 g/mol. The number of hydrogen-bond acceptors (Lipinski definition) is 4. The molecule has 4 nitrogen and oxygen atoms in total. The van der Waals surface area contributed by atoms with Crippen LogP contribution < -0.4 is 0 Å². The number of carbonyl (C=O) groups is 1. The summed E-state index contributed by atoms with van der Waals surface area (Å²) in [7, 11) is 1.85. The SMILES string of the molecule is CCCCCCCCCCCCCCCC(=O)OC(C)N(C)CCO. The average Bonchev–Trinajstić information content (AvgIpc) is 2.59. The molecule has 1 N–H and O–H groups in total. The summed E-state index contributed by atoms with van der Waals surface area (Å²) in [6.07, 6.45) is 17.3. The quantitative estimate of drug-likeness (QED) is 0.206. The lowest BCUT2D eigenvalue weighted by molar-refractivity contribution is -0.156. The van der Waals surface area contributed by atoms with E-state index < -0.39 is 0 Å². The van der Waals surface area contributed by atoms with Gasteiger partial charge in [0.05, 0.1) is 6.61 Å². The Balaban J connectivity index is 3.31. The lowest BCUT2D eigenvalue weighted by atomic mass is 10.0. The van der Waals surface area contributed by atoms with Crippen LogP contribution in [0.15, 0.2) is 0 Å². The normalized spacial score (nSPS) is 12.5. The minimum absolute atomic E-state index is 0.0806. The first-order valence-electron chi connectivity index (χ1n) is 10.6. The van der Waals surface area contributed by atoms with Crippen LogP contribution in [0.1, 0.15) is 104 Å². The Morgan fingerprint density at radius 1 is 0.880 bits per heavy atom. The first-order chi connectivity index (χ1) is 12.1. The van der Waals surface area contributed by atoms with Crippen molar-refractivity contribution in [2.75, 3.05) is 20.2 Å². The molecule has 0 spiro atoms. The molecular weight excluding hydrogens is 314 g/mol. The third-order valence-electron chi connectivity index (χ3n) is 4.86. The zero-order valence-electron chi connectivity index (χ0n) is 17.1. The summed E-state index contributed by atoms with van der Waals surface area (Å²) in [6, 6.07) is 0. The topological polar surface area (TPSA) is 49.8 Å². The molecule has 25 heavy (non-hydrogen) atoms. The van der Waals surface area contributed by atoms with E-state index in [1.54, 1.807) is 0 Å². The van der Waals surface area contributed by atoms with Gasteiger partial charge in [-0.2, -0.15) is 0 Å². The van der Waals surface area contributed by atoms with Gasteiger partial charge < -0.3 is 9.84 Å². The van der Waals surface area contributed by atoms with Crippen molar-refractivity contribution in [2.45, 2.75) is 110 Å². The van der Waals surface area contributed by atoms with Gasteiger partial charge in [-0.25, -0.2) is 0 Å². The maximum Gasteiger partial charge on any atom is 0.307 e. The standard InChI is InChI=1S/C21H43NO3/c1-4-5-6-7-8-9-10-11-12-13-14-15-16-17-21(24)25-20(2)22(3)18-19-23/h20,23H,4-19H2,1-3H3. The summed E-state index contributed by atoms with van der Waals surface area (Å²) < 4.78 is 5.35. The predicted molar refractivity (Wildman–Crippen MR) is 106 cm³/mol. The second-order valence-corrected chi connectivity index (χ2v) is 7.29. The van der Waals surface area contributed by atoms with Crippen molar-refractivity contribution in [3.8, 4) is 0 Å². The van der Waals surface area contributed by atoms with Crippen LogP contribution >= 0.6 is 0 Å². The molecule has 0 aromatic carbocycles. The van der Waals surface area contributed by atoms with Crippen molar-refractivity contribution in [1.29, 1.82) is 0 Å². The van der Waals surface area contributed by atoms with E-state index >= 15 is 0 Å². The van der Waals surface area contributed by atoms with Crippen molar-refractivity contribution in [1.82, 2.24) is 4.90 Å². The fraction of sp³-hybridized carbons (Fsp3) is 0.952. The summed E-state index contributed by atoms with van der Waals surface area (Å²) >= 11 is 0. The van der Waals surface area contributed by atoms with Crippen molar-refractivity contribution in [3.63, 3.8) is 0 Å². The zero-order chi connectivity index (χ0) is 18.8. The number of carbonyl (C=O) groups excluding carboxylic acids is 1. The Labute approximate surface area is 156 Å². The van der Waals surface area contributed by atoms with Crippen LogP contribution in [0, 0.1) is 0 Å². The highest BCUT2D eigenvalue weighted by Gasteiger charge is 2.13. The van der Waals surface area contributed by atoms with Gasteiger partial charge in [-0.3, -0.25) is 9.69 Å². The highest BCUT2D eigenvalue weighted by atomic mass is 16.6. The molecule has 1 unspecified atom stereocenters. The van der Waals surface area contributed by atoms with Crippen LogP contribution in [-0.2, 0) is 9.53 Å². The van der Waals surface area contributed by atoms with E-state index in [2.05, 4.69) is 6.92 Å². The summed E-state index contributed by atoms with van der Waals surface area (Å²) in [4.78, 5) is 13.6. The summed E-state index contributed by atoms with van der Waals surface area (Å²) in [6.45, 7) is 4.71. The third-order valence-corrected chi connectivity index (χ3v) is 4.86. The Morgan fingerprint density at radius 2 is 1.32 bits per heavy atom. The molecule has 0 aromatic rings. The summed E-state index contributed by atoms with van der Waals surface area (Å²) in [5.74, 6) is -0.125.